The summed E-state index contributed by atoms with van der Waals surface area (Å²) in [5, 5.41) is 20.7. The van der Waals surface area contributed by atoms with Crippen molar-refractivity contribution in [3.8, 4) is 11.9 Å². The van der Waals surface area contributed by atoms with Gasteiger partial charge < -0.3 is 5.11 Å². The van der Waals surface area contributed by atoms with Gasteiger partial charge in [-0.2, -0.15) is 5.26 Å². The Hall–Kier alpha value is -3.36. The lowest BCUT2D eigenvalue weighted by atomic mass is 9.94. The first kappa shape index (κ1) is 19.4. The van der Waals surface area contributed by atoms with E-state index < -0.39 is 17.2 Å². The second-order valence-corrected chi connectivity index (χ2v) is 6.84. The molecule has 0 aliphatic rings. The van der Waals surface area contributed by atoms with Crippen molar-refractivity contribution in [2.45, 2.75) is 20.4 Å². The van der Waals surface area contributed by atoms with Gasteiger partial charge in [-0.25, -0.2) is 0 Å². The van der Waals surface area contributed by atoms with Crippen molar-refractivity contribution in [1.82, 2.24) is 4.57 Å². The standard InChI is InChI=1S/C22H17ClN2O3/c1-13-7-3-5-9-16(13)20(26)19-14(2)17(11-24)21(27)25(22(19)28)12-15-8-4-6-10-18(15)23/h3-10,28H,12H2,1-2H3. The van der Waals surface area contributed by atoms with E-state index in [9.17, 15) is 20.0 Å². The molecule has 3 aromatic rings. The Morgan fingerprint density at radius 3 is 2.43 bits per heavy atom. The number of pyridine rings is 1. The van der Waals surface area contributed by atoms with Gasteiger partial charge in [0.25, 0.3) is 5.56 Å². The number of aromatic nitrogens is 1. The molecule has 0 fully saturated rings. The number of aryl methyl sites for hydroxylation is 1. The molecule has 1 N–H and O–H groups in total. The molecule has 6 heteroatoms. The van der Waals surface area contributed by atoms with Gasteiger partial charge in [-0.3, -0.25) is 14.2 Å². The summed E-state index contributed by atoms with van der Waals surface area (Å²) in [7, 11) is 0. The van der Waals surface area contributed by atoms with Crippen LogP contribution in [-0.2, 0) is 6.54 Å². The van der Waals surface area contributed by atoms with Gasteiger partial charge in [-0.05, 0) is 36.6 Å². The Morgan fingerprint density at radius 2 is 1.79 bits per heavy atom. The minimum Gasteiger partial charge on any atom is -0.494 e. The topological polar surface area (TPSA) is 83.1 Å². The summed E-state index contributed by atoms with van der Waals surface area (Å²) in [4.78, 5) is 25.9. The van der Waals surface area contributed by atoms with E-state index in [1.165, 1.54) is 6.92 Å². The van der Waals surface area contributed by atoms with Crippen LogP contribution in [0.1, 0.15) is 38.2 Å². The van der Waals surface area contributed by atoms with Crippen molar-refractivity contribution in [1.29, 1.82) is 5.26 Å². The number of aromatic hydroxyl groups is 1. The number of carbonyl (C=O) groups excluding carboxylic acids is 1. The quantitative estimate of drug-likeness (QED) is 0.681. The van der Waals surface area contributed by atoms with Crippen LogP contribution in [0.4, 0.5) is 0 Å². The molecule has 1 aromatic heterocycles. The maximum absolute atomic E-state index is 13.1. The number of hydrogen-bond donors (Lipinski definition) is 1. The first-order chi connectivity index (χ1) is 13.4. The molecule has 28 heavy (non-hydrogen) atoms. The fourth-order valence-corrected chi connectivity index (χ4v) is 3.32. The van der Waals surface area contributed by atoms with E-state index in [4.69, 9.17) is 11.6 Å². The van der Waals surface area contributed by atoms with Crippen LogP contribution >= 0.6 is 11.6 Å². The number of nitrogens with zero attached hydrogens (tertiary/aromatic N) is 2. The van der Waals surface area contributed by atoms with Gasteiger partial charge in [0, 0.05) is 10.6 Å². The molecule has 0 unspecified atom stereocenters. The Morgan fingerprint density at radius 1 is 1.14 bits per heavy atom. The Kier molecular flexibility index (Phi) is 5.34. The average Bonchev–Trinajstić information content (AvgIpc) is 2.67. The zero-order chi connectivity index (χ0) is 20.4. The van der Waals surface area contributed by atoms with Gasteiger partial charge in [0.05, 0.1) is 12.1 Å². The molecule has 140 valence electrons. The van der Waals surface area contributed by atoms with Crippen molar-refractivity contribution < 1.29 is 9.90 Å². The van der Waals surface area contributed by atoms with Gasteiger partial charge in [0.15, 0.2) is 5.78 Å². The largest absolute Gasteiger partial charge is 0.494 e. The molecule has 0 saturated heterocycles. The van der Waals surface area contributed by atoms with Gasteiger partial charge in [0.2, 0.25) is 5.88 Å². The van der Waals surface area contributed by atoms with Crippen LogP contribution in [0.2, 0.25) is 5.02 Å². The number of benzene rings is 2. The molecular formula is C22H17ClN2O3. The van der Waals surface area contributed by atoms with Crippen molar-refractivity contribution in [2.75, 3.05) is 0 Å². The molecule has 0 aliphatic heterocycles. The summed E-state index contributed by atoms with van der Waals surface area (Å²) >= 11 is 6.17. The molecule has 0 aliphatic carbocycles. The molecular weight excluding hydrogens is 376 g/mol. The zero-order valence-corrected chi connectivity index (χ0v) is 16.1. The molecule has 1 heterocycles. The lowest BCUT2D eigenvalue weighted by molar-refractivity contribution is 0.103. The van der Waals surface area contributed by atoms with E-state index in [-0.39, 0.29) is 23.2 Å². The smallest absolute Gasteiger partial charge is 0.271 e. The third kappa shape index (κ3) is 3.30. The fraction of sp³-hybridized carbons (Fsp3) is 0.136. The molecule has 3 rings (SSSR count). The maximum atomic E-state index is 13.1. The van der Waals surface area contributed by atoms with Gasteiger partial charge in [-0.1, -0.05) is 54.1 Å². The number of rotatable bonds is 4. The van der Waals surface area contributed by atoms with Crippen molar-refractivity contribution in [3.63, 3.8) is 0 Å². The van der Waals surface area contributed by atoms with Crippen LogP contribution in [0.15, 0.2) is 53.3 Å². The molecule has 0 saturated carbocycles. The van der Waals surface area contributed by atoms with Crippen LogP contribution in [-0.4, -0.2) is 15.5 Å². The Bertz CT molecular complexity index is 1190. The summed E-state index contributed by atoms with van der Waals surface area (Å²) in [5.74, 6) is -0.924. The summed E-state index contributed by atoms with van der Waals surface area (Å²) in [6.07, 6.45) is 0. The summed E-state index contributed by atoms with van der Waals surface area (Å²) in [5.41, 5.74) is 0.969. The molecule has 0 radical (unpaired) electrons. The van der Waals surface area contributed by atoms with E-state index in [1.54, 1.807) is 55.5 Å². The summed E-state index contributed by atoms with van der Waals surface area (Å²) in [6.45, 7) is 3.21. The molecule has 0 spiro atoms. The van der Waals surface area contributed by atoms with Crippen molar-refractivity contribution in [3.05, 3.63) is 97.3 Å². The monoisotopic (exact) mass is 392 g/mol. The highest BCUT2D eigenvalue weighted by molar-refractivity contribution is 6.31. The second-order valence-electron chi connectivity index (χ2n) is 6.44. The summed E-state index contributed by atoms with van der Waals surface area (Å²) < 4.78 is 1.01. The molecule has 0 atom stereocenters. The first-order valence-electron chi connectivity index (χ1n) is 8.57. The first-order valence-corrected chi connectivity index (χ1v) is 8.94. The lowest BCUT2D eigenvalue weighted by Crippen LogP contribution is -2.27. The fourth-order valence-electron chi connectivity index (χ4n) is 3.13. The predicted octanol–water partition coefficient (Wildman–Crippen LogP) is 3.98. The van der Waals surface area contributed by atoms with Crippen LogP contribution in [0.5, 0.6) is 5.88 Å². The number of carbonyl (C=O) groups is 1. The van der Waals surface area contributed by atoms with Crippen LogP contribution < -0.4 is 5.56 Å². The van der Waals surface area contributed by atoms with Crippen LogP contribution in [0, 0.1) is 25.2 Å². The van der Waals surface area contributed by atoms with Gasteiger partial charge in [-0.15, -0.1) is 0 Å². The average molecular weight is 393 g/mol. The molecule has 5 nitrogen and oxygen atoms in total. The predicted molar refractivity (Wildman–Crippen MR) is 107 cm³/mol. The highest BCUT2D eigenvalue weighted by Gasteiger charge is 2.25. The van der Waals surface area contributed by atoms with E-state index in [2.05, 4.69) is 0 Å². The van der Waals surface area contributed by atoms with Gasteiger partial charge in [0.1, 0.15) is 11.6 Å². The normalized spacial score (nSPS) is 10.5. The van der Waals surface area contributed by atoms with Gasteiger partial charge >= 0.3 is 0 Å². The minimum atomic E-state index is -0.668. The van der Waals surface area contributed by atoms with E-state index in [0.717, 1.165) is 10.1 Å². The van der Waals surface area contributed by atoms with Crippen LogP contribution in [0.3, 0.4) is 0 Å². The van der Waals surface area contributed by atoms with E-state index >= 15 is 0 Å². The third-order valence-electron chi connectivity index (χ3n) is 4.70. The second kappa shape index (κ2) is 7.71. The molecule has 2 aromatic carbocycles. The molecule has 0 amide bonds. The number of ketones is 1. The van der Waals surface area contributed by atoms with E-state index in [0.29, 0.717) is 16.1 Å². The minimum absolute atomic E-state index is 0.0579. The van der Waals surface area contributed by atoms with E-state index in [1.807, 2.05) is 6.07 Å². The highest BCUT2D eigenvalue weighted by atomic mass is 35.5. The zero-order valence-electron chi connectivity index (χ0n) is 15.4. The third-order valence-corrected chi connectivity index (χ3v) is 5.07. The van der Waals surface area contributed by atoms with Crippen molar-refractivity contribution >= 4 is 17.4 Å². The Balaban J connectivity index is 2.26. The highest BCUT2D eigenvalue weighted by Crippen LogP contribution is 2.27. The number of hydrogen-bond acceptors (Lipinski definition) is 4. The van der Waals surface area contributed by atoms with Crippen molar-refractivity contribution in [2.24, 2.45) is 0 Å². The molecule has 0 bridgehead atoms. The number of halogens is 1. The maximum Gasteiger partial charge on any atom is 0.271 e. The number of nitriles is 1. The summed E-state index contributed by atoms with van der Waals surface area (Å²) in [6, 6.07) is 15.7. The Labute approximate surface area is 167 Å². The lowest BCUT2D eigenvalue weighted by Gasteiger charge is -2.16. The van der Waals surface area contributed by atoms with Crippen LogP contribution in [0.25, 0.3) is 0 Å². The SMILES string of the molecule is Cc1ccccc1C(=O)c1c(C)c(C#N)c(=O)n(Cc2ccccc2Cl)c1O.